The molecule has 0 aliphatic carbocycles. The molecule has 1 aromatic rings. The van der Waals surface area contributed by atoms with Gasteiger partial charge in [-0.3, -0.25) is 4.79 Å². The Morgan fingerprint density at radius 3 is 2.57 bits per heavy atom. The fourth-order valence-electron chi connectivity index (χ4n) is 0.970. The van der Waals surface area contributed by atoms with E-state index < -0.39 is 0 Å². The molecule has 1 aromatic carbocycles. The van der Waals surface area contributed by atoms with Crippen LogP contribution >= 0.6 is 12.6 Å². The van der Waals surface area contributed by atoms with Crippen LogP contribution in [0.5, 0.6) is 0 Å². The summed E-state index contributed by atoms with van der Waals surface area (Å²) in [5.41, 5.74) is 1.95. The maximum absolute atomic E-state index is 10.1. The van der Waals surface area contributed by atoms with E-state index in [9.17, 15) is 4.79 Å². The highest BCUT2D eigenvalue weighted by atomic mass is 32.1. The third-order valence-electron chi connectivity index (χ3n) is 1.59. The van der Waals surface area contributed by atoms with Crippen LogP contribution in [0.1, 0.15) is 11.1 Å². The van der Waals surface area contributed by atoms with Crippen molar-refractivity contribution < 1.29 is 4.79 Å². The van der Waals surface area contributed by atoms with E-state index in [1.54, 1.807) is 6.08 Å². The lowest BCUT2D eigenvalue weighted by molar-refractivity contribution is -0.104. The standard InChI is InChI=1S/C12H10OS/c13-9-1-3-11-5-7-12(8-6-11)4-2-10-14/h1,3,5-9,14H,10H2/b3-1+. The van der Waals surface area contributed by atoms with E-state index in [4.69, 9.17) is 0 Å². The second kappa shape index (κ2) is 6.06. The summed E-state index contributed by atoms with van der Waals surface area (Å²) < 4.78 is 0. The van der Waals surface area contributed by atoms with E-state index in [-0.39, 0.29) is 0 Å². The van der Waals surface area contributed by atoms with Crippen molar-refractivity contribution in [2.45, 2.75) is 0 Å². The molecule has 0 fully saturated rings. The highest BCUT2D eigenvalue weighted by Gasteiger charge is 1.87. The summed E-state index contributed by atoms with van der Waals surface area (Å²) in [6.07, 6.45) is 3.98. The molecule has 0 amide bonds. The van der Waals surface area contributed by atoms with Crippen molar-refractivity contribution in [2.75, 3.05) is 5.75 Å². The molecule has 0 aliphatic heterocycles. The molecular formula is C12H10OS. The van der Waals surface area contributed by atoms with Gasteiger partial charge in [0.05, 0.1) is 5.75 Å². The lowest BCUT2D eigenvalue weighted by Crippen LogP contribution is -1.76. The fourth-order valence-corrected chi connectivity index (χ4v) is 1.05. The van der Waals surface area contributed by atoms with Crippen molar-refractivity contribution in [1.29, 1.82) is 0 Å². The van der Waals surface area contributed by atoms with E-state index >= 15 is 0 Å². The number of rotatable bonds is 2. The summed E-state index contributed by atoms with van der Waals surface area (Å²) in [5.74, 6) is 6.39. The van der Waals surface area contributed by atoms with Crippen LogP contribution in [0.2, 0.25) is 0 Å². The second-order valence-corrected chi connectivity index (χ2v) is 2.89. The SMILES string of the molecule is O=C/C=C/c1ccc(C#CCS)cc1. The Bertz CT molecular complexity index is 379. The number of thiol groups is 1. The van der Waals surface area contributed by atoms with Gasteiger partial charge in [0.25, 0.3) is 0 Å². The van der Waals surface area contributed by atoms with Crippen molar-refractivity contribution in [1.82, 2.24) is 0 Å². The molecule has 70 valence electrons. The van der Waals surface area contributed by atoms with Gasteiger partial charge in [0.1, 0.15) is 6.29 Å². The smallest absolute Gasteiger partial charge is 0.142 e. The van der Waals surface area contributed by atoms with E-state index in [1.165, 1.54) is 6.08 Å². The quantitative estimate of drug-likeness (QED) is 0.337. The van der Waals surface area contributed by atoms with Crippen LogP contribution < -0.4 is 0 Å². The Hall–Kier alpha value is -1.46. The van der Waals surface area contributed by atoms with Crippen LogP contribution in [-0.4, -0.2) is 12.0 Å². The van der Waals surface area contributed by atoms with Crippen LogP contribution in [0.3, 0.4) is 0 Å². The van der Waals surface area contributed by atoms with Gasteiger partial charge < -0.3 is 0 Å². The van der Waals surface area contributed by atoms with E-state index in [2.05, 4.69) is 24.5 Å². The molecule has 0 bridgehead atoms. The van der Waals surface area contributed by atoms with Gasteiger partial charge in [0.2, 0.25) is 0 Å². The minimum atomic E-state index is 0.562. The van der Waals surface area contributed by atoms with Gasteiger partial charge in [-0.15, -0.1) is 0 Å². The second-order valence-electron chi connectivity index (χ2n) is 2.58. The van der Waals surface area contributed by atoms with Gasteiger partial charge in [-0.25, -0.2) is 0 Å². The third-order valence-corrected chi connectivity index (χ3v) is 1.75. The van der Waals surface area contributed by atoms with Crippen molar-refractivity contribution in [2.24, 2.45) is 0 Å². The molecule has 0 unspecified atom stereocenters. The molecule has 0 heterocycles. The van der Waals surface area contributed by atoms with Crippen molar-refractivity contribution in [3.8, 4) is 11.8 Å². The Morgan fingerprint density at radius 2 is 2.00 bits per heavy atom. The summed E-state index contributed by atoms with van der Waals surface area (Å²) >= 11 is 3.99. The molecule has 0 saturated heterocycles. The molecule has 1 rings (SSSR count). The average molecular weight is 202 g/mol. The molecule has 0 N–H and O–H groups in total. The van der Waals surface area contributed by atoms with Crippen LogP contribution in [0, 0.1) is 11.8 Å². The van der Waals surface area contributed by atoms with Crippen LogP contribution in [0.4, 0.5) is 0 Å². The Morgan fingerprint density at radius 1 is 1.29 bits per heavy atom. The van der Waals surface area contributed by atoms with Gasteiger partial charge in [0, 0.05) is 5.56 Å². The summed E-state index contributed by atoms with van der Waals surface area (Å²) in [5, 5.41) is 0. The Balaban J connectivity index is 2.78. The van der Waals surface area contributed by atoms with Gasteiger partial charge in [-0.2, -0.15) is 12.6 Å². The molecular weight excluding hydrogens is 192 g/mol. The summed E-state index contributed by atoms with van der Waals surface area (Å²) in [4.78, 5) is 10.1. The van der Waals surface area contributed by atoms with Gasteiger partial charge in [-0.05, 0) is 23.8 Å². The number of carbonyl (C=O) groups is 1. The lowest BCUT2D eigenvalue weighted by Gasteiger charge is -1.92. The zero-order valence-electron chi connectivity index (χ0n) is 7.60. The topological polar surface area (TPSA) is 17.1 Å². The van der Waals surface area contributed by atoms with Crippen LogP contribution in [0.25, 0.3) is 6.08 Å². The Kier molecular flexibility index (Phi) is 4.60. The molecule has 0 radical (unpaired) electrons. The minimum Gasteiger partial charge on any atom is -0.299 e. The van der Waals surface area contributed by atoms with E-state index in [1.807, 2.05) is 24.3 Å². The van der Waals surface area contributed by atoms with Crippen molar-refractivity contribution in [3.63, 3.8) is 0 Å². The zero-order valence-corrected chi connectivity index (χ0v) is 8.50. The predicted molar refractivity (Wildman–Crippen MR) is 62.3 cm³/mol. The van der Waals surface area contributed by atoms with Gasteiger partial charge >= 0.3 is 0 Å². The number of benzene rings is 1. The third kappa shape index (κ3) is 3.51. The van der Waals surface area contributed by atoms with E-state index in [0.29, 0.717) is 5.75 Å². The molecule has 0 saturated carbocycles. The molecule has 14 heavy (non-hydrogen) atoms. The highest BCUT2D eigenvalue weighted by molar-refractivity contribution is 7.80. The van der Waals surface area contributed by atoms with E-state index in [0.717, 1.165) is 17.4 Å². The monoisotopic (exact) mass is 202 g/mol. The molecule has 2 heteroatoms. The molecule has 0 spiro atoms. The summed E-state index contributed by atoms with van der Waals surface area (Å²) in [6, 6.07) is 7.67. The first-order chi connectivity index (χ1) is 6.86. The normalized spacial score (nSPS) is 9.50. The fraction of sp³-hybridized carbons (Fsp3) is 0.0833. The zero-order chi connectivity index (χ0) is 10.2. The Labute approximate surface area is 89.2 Å². The van der Waals surface area contributed by atoms with Crippen LogP contribution in [0.15, 0.2) is 30.3 Å². The summed E-state index contributed by atoms with van der Waals surface area (Å²) in [6.45, 7) is 0. The number of hydrogen-bond acceptors (Lipinski definition) is 2. The number of aldehydes is 1. The summed E-state index contributed by atoms with van der Waals surface area (Å²) in [7, 11) is 0. The predicted octanol–water partition coefficient (Wildman–Crippen LogP) is 2.18. The first kappa shape index (κ1) is 10.6. The van der Waals surface area contributed by atoms with Crippen molar-refractivity contribution >= 4 is 25.0 Å². The maximum Gasteiger partial charge on any atom is 0.142 e. The maximum atomic E-state index is 10.1. The number of hydrogen-bond donors (Lipinski definition) is 1. The molecule has 1 nitrogen and oxygen atoms in total. The highest BCUT2D eigenvalue weighted by Crippen LogP contribution is 2.04. The molecule has 0 aromatic heterocycles. The van der Waals surface area contributed by atoms with Crippen molar-refractivity contribution in [3.05, 3.63) is 41.5 Å². The lowest BCUT2D eigenvalue weighted by atomic mass is 10.1. The first-order valence-electron chi connectivity index (χ1n) is 4.18. The largest absolute Gasteiger partial charge is 0.299 e. The molecule has 0 aliphatic rings. The molecule has 0 atom stereocenters. The van der Waals surface area contributed by atoms with Crippen LogP contribution in [-0.2, 0) is 4.79 Å². The first-order valence-corrected chi connectivity index (χ1v) is 4.81. The van der Waals surface area contributed by atoms with Gasteiger partial charge in [-0.1, -0.05) is 30.0 Å². The number of carbonyl (C=O) groups excluding carboxylic acids is 1. The number of allylic oxidation sites excluding steroid dienone is 1. The van der Waals surface area contributed by atoms with Gasteiger partial charge in [0.15, 0.2) is 0 Å². The average Bonchev–Trinajstić information content (AvgIpc) is 2.25. The minimum absolute atomic E-state index is 0.562.